The summed E-state index contributed by atoms with van der Waals surface area (Å²) in [6.07, 6.45) is 6.87. The predicted molar refractivity (Wildman–Crippen MR) is 96.0 cm³/mol. The van der Waals surface area contributed by atoms with Crippen LogP contribution in [0.25, 0.3) is 0 Å². The van der Waals surface area contributed by atoms with Crippen LogP contribution in [-0.2, 0) is 6.61 Å². The predicted octanol–water partition coefficient (Wildman–Crippen LogP) is 4.67. The summed E-state index contributed by atoms with van der Waals surface area (Å²) in [6, 6.07) is 7.32. The molecule has 134 valence electrons. The van der Waals surface area contributed by atoms with Crippen molar-refractivity contribution >= 4 is 17.5 Å². The smallest absolute Gasteiger partial charge is 0.274 e. The number of aryl methyl sites for hydroxylation is 1. The van der Waals surface area contributed by atoms with Crippen LogP contribution in [0.15, 0.2) is 28.8 Å². The van der Waals surface area contributed by atoms with Gasteiger partial charge < -0.3 is 14.6 Å². The van der Waals surface area contributed by atoms with Crippen molar-refractivity contribution in [2.24, 2.45) is 0 Å². The molecule has 0 radical (unpaired) electrons. The van der Waals surface area contributed by atoms with Crippen LogP contribution in [0.3, 0.4) is 0 Å². The molecule has 2 aromatic rings. The highest BCUT2D eigenvalue weighted by Crippen LogP contribution is 2.21. The molecule has 0 bridgehead atoms. The number of halogens is 1. The molecule has 1 aromatic heterocycles. The van der Waals surface area contributed by atoms with Crippen LogP contribution < -0.4 is 10.1 Å². The Morgan fingerprint density at radius 2 is 1.92 bits per heavy atom. The number of amides is 1. The fourth-order valence-corrected chi connectivity index (χ4v) is 3.23. The summed E-state index contributed by atoms with van der Waals surface area (Å²) in [7, 11) is 0. The molecule has 25 heavy (non-hydrogen) atoms. The van der Waals surface area contributed by atoms with E-state index in [0.717, 1.165) is 25.7 Å². The number of nitrogens with zero attached hydrogens (tertiary/aromatic N) is 1. The fourth-order valence-electron chi connectivity index (χ4n) is 3.10. The lowest BCUT2D eigenvalue weighted by atomic mass is 10.1. The van der Waals surface area contributed by atoms with E-state index in [-0.39, 0.29) is 18.6 Å². The van der Waals surface area contributed by atoms with Crippen molar-refractivity contribution in [2.75, 3.05) is 0 Å². The molecule has 1 aliphatic rings. The molecule has 1 fully saturated rings. The van der Waals surface area contributed by atoms with Crippen LogP contribution in [-0.4, -0.2) is 17.1 Å². The second-order valence-corrected chi connectivity index (χ2v) is 6.91. The van der Waals surface area contributed by atoms with Gasteiger partial charge in [0, 0.05) is 11.1 Å². The van der Waals surface area contributed by atoms with Crippen molar-refractivity contribution in [3.8, 4) is 5.75 Å². The number of aromatic nitrogens is 1. The van der Waals surface area contributed by atoms with Gasteiger partial charge in [-0.1, -0.05) is 42.4 Å². The van der Waals surface area contributed by atoms with Crippen molar-refractivity contribution in [1.82, 2.24) is 10.5 Å². The van der Waals surface area contributed by atoms with Gasteiger partial charge in [0.05, 0.1) is 5.56 Å². The molecule has 3 rings (SSSR count). The molecule has 1 heterocycles. The molecule has 0 atom stereocenters. The Balaban J connectivity index is 1.65. The summed E-state index contributed by atoms with van der Waals surface area (Å²) in [5.74, 6) is 1.10. The van der Waals surface area contributed by atoms with Crippen molar-refractivity contribution in [2.45, 2.75) is 58.1 Å². The van der Waals surface area contributed by atoms with E-state index in [1.54, 1.807) is 31.2 Å². The Bertz CT molecular complexity index is 704. The maximum Gasteiger partial charge on any atom is 0.274 e. The van der Waals surface area contributed by atoms with Gasteiger partial charge >= 0.3 is 0 Å². The van der Waals surface area contributed by atoms with E-state index in [1.807, 2.05) is 0 Å². The molecule has 1 N–H and O–H groups in total. The topological polar surface area (TPSA) is 64.4 Å². The zero-order valence-electron chi connectivity index (χ0n) is 14.4. The zero-order valence-corrected chi connectivity index (χ0v) is 15.1. The first-order valence-corrected chi connectivity index (χ1v) is 9.15. The molecule has 1 aromatic carbocycles. The first-order chi connectivity index (χ1) is 12.1. The summed E-state index contributed by atoms with van der Waals surface area (Å²) < 4.78 is 11.0. The molecule has 0 unspecified atom stereocenters. The molecular weight excluding hydrogens is 340 g/mol. The molecule has 0 saturated heterocycles. The first-order valence-electron chi connectivity index (χ1n) is 8.78. The highest BCUT2D eigenvalue weighted by Gasteiger charge is 2.23. The minimum Gasteiger partial charge on any atom is -0.489 e. The second-order valence-electron chi connectivity index (χ2n) is 6.47. The van der Waals surface area contributed by atoms with Crippen LogP contribution in [0.1, 0.15) is 60.3 Å². The molecule has 1 aliphatic carbocycles. The lowest BCUT2D eigenvalue weighted by molar-refractivity contribution is 0.0922. The van der Waals surface area contributed by atoms with Gasteiger partial charge in [0.2, 0.25) is 0 Å². The molecule has 0 aliphatic heterocycles. The summed E-state index contributed by atoms with van der Waals surface area (Å²) in [5.41, 5.74) is 0.997. The largest absolute Gasteiger partial charge is 0.489 e. The standard InChI is InChI=1S/C19H23ClN2O3/c1-13-17(12-24-16-10-8-14(20)9-11-16)18(22-25-13)19(23)21-15-6-4-2-3-5-7-15/h8-11,15H,2-7,12H2,1H3,(H,21,23). The normalized spacial score (nSPS) is 15.6. The molecule has 6 heteroatoms. The third kappa shape index (κ3) is 4.75. The van der Waals surface area contributed by atoms with E-state index in [1.165, 1.54) is 12.8 Å². The Morgan fingerprint density at radius 3 is 2.60 bits per heavy atom. The lowest BCUT2D eigenvalue weighted by Gasteiger charge is -2.15. The third-order valence-corrected chi connectivity index (χ3v) is 4.84. The summed E-state index contributed by atoms with van der Waals surface area (Å²) >= 11 is 5.87. The van der Waals surface area contributed by atoms with E-state index in [9.17, 15) is 4.79 Å². The monoisotopic (exact) mass is 362 g/mol. The van der Waals surface area contributed by atoms with Gasteiger partial charge in [-0.15, -0.1) is 0 Å². The third-order valence-electron chi connectivity index (χ3n) is 4.59. The summed E-state index contributed by atoms with van der Waals surface area (Å²) in [6.45, 7) is 2.01. The number of hydrogen-bond acceptors (Lipinski definition) is 4. The second kappa shape index (κ2) is 8.39. The number of ether oxygens (including phenoxy) is 1. The minimum atomic E-state index is -0.182. The number of benzene rings is 1. The Kier molecular flexibility index (Phi) is 5.97. The van der Waals surface area contributed by atoms with Crippen molar-refractivity contribution < 1.29 is 14.1 Å². The Labute approximate surface area is 152 Å². The molecule has 1 amide bonds. The summed E-state index contributed by atoms with van der Waals surface area (Å²) in [4.78, 5) is 12.6. The molecular formula is C19H23ClN2O3. The van der Waals surface area contributed by atoms with Gasteiger partial charge in [0.15, 0.2) is 5.69 Å². The van der Waals surface area contributed by atoms with E-state index < -0.39 is 0 Å². The van der Waals surface area contributed by atoms with E-state index >= 15 is 0 Å². The Hall–Kier alpha value is -2.01. The molecule has 0 spiro atoms. The average molecular weight is 363 g/mol. The number of rotatable bonds is 5. The van der Waals surface area contributed by atoms with Crippen LogP contribution in [0, 0.1) is 6.92 Å². The van der Waals surface area contributed by atoms with Crippen molar-refractivity contribution in [3.05, 3.63) is 46.3 Å². The highest BCUT2D eigenvalue weighted by molar-refractivity contribution is 6.30. The van der Waals surface area contributed by atoms with E-state index in [0.29, 0.717) is 27.8 Å². The van der Waals surface area contributed by atoms with Gasteiger partial charge in [-0.2, -0.15) is 0 Å². The van der Waals surface area contributed by atoms with Crippen LogP contribution in [0.2, 0.25) is 5.02 Å². The Morgan fingerprint density at radius 1 is 1.24 bits per heavy atom. The summed E-state index contributed by atoms with van der Waals surface area (Å²) in [5, 5.41) is 7.69. The zero-order chi connectivity index (χ0) is 17.6. The van der Waals surface area contributed by atoms with E-state index in [4.69, 9.17) is 20.9 Å². The lowest BCUT2D eigenvalue weighted by Crippen LogP contribution is -2.35. The number of nitrogens with one attached hydrogen (secondary N) is 1. The van der Waals surface area contributed by atoms with E-state index in [2.05, 4.69) is 10.5 Å². The van der Waals surface area contributed by atoms with Crippen LogP contribution in [0.4, 0.5) is 0 Å². The van der Waals surface area contributed by atoms with Crippen LogP contribution in [0.5, 0.6) is 5.75 Å². The minimum absolute atomic E-state index is 0.182. The number of carbonyl (C=O) groups excluding carboxylic acids is 1. The van der Waals surface area contributed by atoms with Crippen LogP contribution >= 0.6 is 11.6 Å². The highest BCUT2D eigenvalue weighted by atomic mass is 35.5. The SMILES string of the molecule is Cc1onc(C(=O)NC2CCCCCC2)c1COc1ccc(Cl)cc1. The van der Waals surface area contributed by atoms with Gasteiger partial charge in [0.1, 0.15) is 18.1 Å². The van der Waals surface area contributed by atoms with Gasteiger partial charge in [-0.3, -0.25) is 4.79 Å². The average Bonchev–Trinajstić information content (AvgIpc) is 2.80. The molecule has 1 saturated carbocycles. The van der Waals surface area contributed by atoms with Gasteiger partial charge in [-0.05, 0) is 44.0 Å². The quantitative estimate of drug-likeness (QED) is 0.785. The molecule has 5 nitrogen and oxygen atoms in total. The fraction of sp³-hybridized carbons (Fsp3) is 0.474. The first kappa shape index (κ1) is 17.8. The maximum atomic E-state index is 12.6. The number of hydrogen-bond donors (Lipinski definition) is 1. The van der Waals surface area contributed by atoms with Crippen molar-refractivity contribution in [1.29, 1.82) is 0 Å². The van der Waals surface area contributed by atoms with Gasteiger partial charge in [0.25, 0.3) is 5.91 Å². The maximum absolute atomic E-state index is 12.6. The van der Waals surface area contributed by atoms with Gasteiger partial charge in [-0.25, -0.2) is 0 Å². The van der Waals surface area contributed by atoms with Crippen molar-refractivity contribution in [3.63, 3.8) is 0 Å². The number of carbonyl (C=O) groups is 1.